The molecule has 0 amide bonds. The molecule has 2 heteroatoms. The minimum atomic E-state index is 0.568. The summed E-state index contributed by atoms with van der Waals surface area (Å²) in [4.78, 5) is 2.60. The zero-order valence-electron chi connectivity index (χ0n) is 11.8. The molecule has 0 aromatic carbocycles. The third-order valence-corrected chi connectivity index (χ3v) is 4.92. The van der Waals surface area contributed by atoms with Crippen LogP contribution in [0.15, 0.2) is 0 Å². The molecule has 100 valence electrons. The van der Waals surface area contributed by atoms with E-state index in [1.807, 2.05) is 0 Å². The van der Waals surface area contributed by atoms with Gasteiger partial charge in [0.05, 0.1) is 0 Å². The van der Waals surface area contributed by atoms with Crippen LogP contribution in [0.4, 0.5) is 0 Å². The number of hydrogen-bond donors (Lipinski definition) is 1. The van der Waals surface area contributed by atoms with Crippen molar-refractivity contribution in [1.29, 1.82) is 0 Å². The summed E-state index contributed by atoms with van der Waals surface area (Å²) in [6, 6.07) is 0. The Morgan fingerprint density at radius 1 is 1.12 bits per heavy atom. The van der Waals surface area contributed by atoms with Crippen molar-refractivity contribution >= 4 is 0 Å². The van der Waals surface area contributed by atoms with Gasteiger partial charge in [0.15, 0.2) is 0 Å². The summed E-state index contributed by atoms with van der Waals surface area (Å²) in [5.41, 5.74) is 0.568. The highest BCUT2D eigenvalue weighted by atomic mass is 15.1. The Hall–Kier alpha value is -0.0800. The quantitative estimate of drug-likeness (QED) is 0.741. The molecule has 1 unspecified atom stereocenters. The van der Waals surface area contributed by atoms with Crippen LogP contribution in [0.3, 0.4) is 0 Å². The maximum atomic E-state index is 3.70. The highest BCUT2D eigenvalue weighted by Gasteiger charge is 2.31. The van der Waals surface area contributed by atoms with Crippen LogP contribution in [0, 0.1) is 11.3 Å². The minimum absolute atomic E-state index is 0.568. The summed E-state index contributed by atoms with van der Waals surface area (Å²) in [7, 11) is 0. The molecular formula is C15H30N2. The molecule has 2 aliphatic rings. The third kappa shape index (κ3) is 3.96. The highest BCUT2D eigenvalue weighted by molar-refractivity contribution is 4.84. The van der Waals surface area contributed by atoms with Crippen LogP contribution >= 0.6 is 0 Å². The van der Waals surface area contributed by atoms with Crippen LogP contribution in [-0.4, -0.2) is 37.6 Å². The normalized spacial score (nSPS) is 29.6. The Morgan fingerprint density at radius 3 is 2.59 bits per heavy atom. The van der Waals surface area contributed by atoms with E-state index in [2.05, 4.69) is 24.1 Å². The first-order chi connectivity index (χ1) is 8.18. The first-order valence-electron chi connectivity index (χ1n) is 7.61. The van der Waals surface area contributed by atoms with Gasteiger partial charge in [0.2, 0.25) is 0 Å². The monoisotopic (exact) mass is 238 g/mol. The van der Waals surface area contributed by atoms with E-state index in [0.717, 1.165) is 5.92 Å². The van der Waals surface area contributed by atoms with Crippen molar-refractivity contribution in [1.82, 2.24) is 10.2 Å². The molecule has 1 aliphatic heterocycles. The molecule has 1 saturated heterocycles. The van der Waals surface area contributed by atoms with Gasteiger partial charge in [-0.2, -0.15) is 0 Å². The van der Waals surface area contributed by atoms with Crippen LogP contribution in [-0.2, 0) is 0 Å². The lowest BCUT2D eigenvalue weighted by Gasteiger charge is -2.39. The predicted octanol–water partition coefficient (Wildman–Crippen LogP) is 2.89. The lowest BCUT2D eigenvalue weighted by molar-refractivity contribution is 0.135. The Bertz CT molecular complexity index is 219. The van der Waals surface area contributed by atoms with E-state index in [9.17, 15) is 0 Å². The van der Waals surface area contributed by atoms with Crippen molar-refractivity contribution < 1.29 is 0 Å². The number of rotatable bonds is 5. The zero-order chi connectivity index (χ0) is 12.1. The smallest absolute Gasteiger partial charge is 0.0107 e. The van der Waals surface area contributed by atoms with Crippen molar-refractivity contribution in [3.63, 3.8) is 0 Å². The van der Waals surface area contributed by atoms with E-state index in [1.54, 1.807) is 0 Å². The molecule has 1 saturated carbocycles. The van der Waals surface area contributed by atoms with Gasteiger partial charge >= 0.3 is 0 Å². The minimum Gasteiger partial charge on any atom is -0.315 e. The zero-order valence-corrected chi connectivity index (χ0v) is 11.8. The Labute approximate surface area is 107 Å². The number of hydrogen-bond acceptors (Lipinski definition) is 2. The molecule has 0 aromatic rings. The van der Waals surface area contributed by atoms with Gasteiger partial charge in [0, 0.05) is 13.1 Å². The van der Waals surface area contributed by atoms with Crippen molar-refractivity contribution in [2.24, 2.45) is 11.3 Å². The van der Waals surface area contributed by atoms with E-state index in [4.69, 9.17) is 0 Å². The second-order valence-corrected chi connectivity index (χ2v) is 6.68. The average Bonchev–Trinajstić information content (AvgIpc) is 2.79. The summed E-state index contributed by atoms with van der Waals surface area (Å²) in [6.45, 7) is 11.3. The summed E-state index contributed by atoms with van der Waals surface area (Å²) < 4.78 is 0. The molecule has 1 atom stereocenters. The Balaban J connectivity index is 1.60. The first-order valence-corrected chi connectivity index (χ1v) is 7.61. The SMILES string of the molecule is CC1(C)CCCCC1CNCCN1CCCC1. The molecule has 0 spiro atoms. The van der Waals surface area contributed by atoms with Crippen LogP contribution in [0.25, 0.3) is 0 Å². The maximum Gasteiger partial charge on any atom is 0.0107 e. The van der Waals surface area contributed by atoms with Crippen LogP contribution < -0.4 is 5.32 Å². The number of likely N-dealkylation sites (tertiary alicyclic amines) is 1. The Kier molecular flexibility index (Phi) is 4.87. The number of nitrogens with one attached hydrogen (secondary N) is 1. The average molecular weight is 238 g/mol. The maximum absolute atomic E-state index is 3.70. The molecule has 17 heavy (non-hydrogen) atoms. The van der Waals surface area contributed by atoms with Gasteiger partial charge in [0.25, 0.3) is 0 Å². The molecule has 2 fully saturated rings. The van der Waals surface area contributed by atoms with E-state index >= 15 is 0 Å². The van der Waals surface area contributed by atoms with Gasteiger partial charge < -0.3 is 10.2 Å². The topological polar surface area (TPSA) is 15.3 Å². The molecule has 1 aliphatic carbocycles. The molecule has 0 aromatic heterocycles. The predicted molar refractivity (Wildman–Crippen MR) is 74.3 cm³/mol. The van der Waals surface area contributed by atoms with Crippen molar-refractivity contribution in [3.05, 3.63) is 0 Å². The molecular weight excluding hydrogens is 208 g/mol. The highest BCUT2D eigenvalue weighted by Crippen LogP contribution is 2.39. The fourth-order valence-corrected chi connectivity index (χ4v) is 3.46. The second-order valence-electron chi connectivity index (χ2n) is 6.68. The lowest BCUT2D eigenvalue weighted by atomic mass is 9.69. The molecule has 0 radical (unpaired) electrons. The van der Waals surface area contributed by atoms with Crippen molar-refractivity contribution in [3.8, 4) is 0 Å². The van der Waals surface area contributed by atoms with Crippen LogP contribution in [0.5, 0.6) is 0 Å². The molecule has 1 N–H and O–H groups in total. The first kappa shape index (κ1) is 13.4. The van der Waals surface area contributed by atoms with E-state index in [1.165, 1.54) is 71.2 Å². The fraction of sp³-hybridized carbons (Fsp3) is 1.00. The summed E-state index contributed by atoms with van der Waals surface area (Å²) in [6.07, 6.45) is 8.57. The lowest BCUT2D eigenvalue weighted by Crippen LogP contribution is -2.38. The molecule has 2 nitrogen and oxygen atoms in total. The standard InChI is InChI=1S/C15H30N2/c1-15(2)8-4-3-7-14(15)13-16-9-12-17-10-5-6-11-17/h14,16H,3-13H2,1-2H3. The van der Waals surface area contributed by atoms with E-state index < -0.39 is 0 Å². The van der Waals surface area contributed by atoms with Gasteiger partial charge in [-0.1, -0.05) is 26.7 Å². The third-order valence-electron chi connectivity index (χ3n) is 4.92. The second kappa shape index (κ2) is 6.19. The summed E-state index contributed by atoms with van der Waals surface area (Å²) >= 11 is 0. The van der Waals surface area contributed by atoms with Gasteiger partial charge in [-0.3, -0.25) is 0 Å². The summed E-state index contributed by atoms with van der Waals surface area (Å²) in [5, 5.41) is 3.70. The van der Waals surface area contributed by atoms with Crippen molar-refractivity contribution in [2.45, 2.75) is 52.4 Å². The van der Waals surface area contributed by atoms with E-state index in [-0.39, 0.29) is 0 Å². The Morgan fingerprint density at radius 2 is 1.88 bits per heavy atom. The van der Waals surface area contributed by atoms with Gasteiger partial charge in [-0.15, -0.1) is 0 Å². The molecule has 0 bridgehead atoms. The fourth-order valence-electron chi connectivity index (χ4n) is 3.46. The van der Waals surface area contributed by atoms with Crippen molar-refractivity contribution in [2.75, 3.05) is 32.7 Å². The van der Waals surface area contributed by atoms with Gasteiger partial charge in [0.1, 0.15) is 0 Å². The summed E-state index contributed by atoms with van der Waals surface area (Å²) in [5.74, 6) is 0.898. The molecule has 1 heterocycles. The van der Waals surface area contributed by atoms with Crippen LogP contribution in [0.2, 0.25) is 0 Å². The van der Waals surface area contributed by atoms with Crippen LogP contribution in [0.1, 0.15) is 52.4 Å². The molecule has 2 rings (SSSR count). The van der Waals surface area contributed by atoms with E-state index in [0.29, 0.717) is 5.41 Å². The van der Waals surface area contributed by atoms with Gasteiger partial charge in [-0.25, -0.2) is 0 Å². The number of nitrogens with zero attached hydrogens (tertiary/aromatic N) is 1. The largest absolute Gasteiger partial charge is 0.315 e. The van der Waals surface area contributed by atoms with Gasteiger partial charge in [-0.05, 0) is 56.7 Å².